The lowest BCUT2D eigenvalue weighted by atomic mass is 10.3. The molecule has 0 aliphatic rings. The highest BCUT2D eigenvalue weighted by molar-refractivity contribution is 7.87. The van der Waals surface area contributed by atoms with Gasteiger partial charge < -0.3 is 4.18 Å². The van der Waals surface area contributed by atoms with Crippen LogP contribution in [0.1, 0.15) is 0 Å². The number of nitrogens with zero attached hydrogens (tertiary/aromatic N) is 2. The monoisotopic (exact) mass is 358 g/mol. The summed E-state index contributed by atoms with van der Waals surface area (Å²) in [5.41, 5.74) is -0.994. The first-order chi connectivity index (χ1) is 10.7. The summed E-state index contributed by atoms with van der Waals surface area (Å²) in [7, 11) is -4.51. The van der Waals surface area contributed by atoms with E-state index in [1.165, 1.54) is 6.07 Å². The average molecular weight is 359 g/mol. The standard InChI is InChI=1S/C12H7ClN2O7S/c13-8-1-6-12(11(7-8)15(18)19)23(20,21)22-10-4-2-9(3-5-10)14(16)17/h1-7H. The zero-order valence-electron chi connectivity index (χ0n) is 11.1. The SMILES string of the molecule is O=[N+]([O-])c1ccc(OS(=O)(=O)c2ccc(Cl)cc2[N+](=O)[O-])cc1. The van der Waals surface area contributed by atoms with Crippen molar-refractivity contribution in [2.24, 2.45) is 0 Å². The second kappa shape index (κ2) is 6.18. The fourth-order valence-corrected chi connectivity index (χ4v) is 2.88. The van der Waals surface area contributed by atoms with Crippen LogP contribution in [-0.2, 0) is 10.1 Å². The molecule has 120 valence electrons. The Morgan fingerprint density at radius 1 is 0.957 bits per heavy atom. The summed E-state index contributed by atoms with van der Waals surface area (Å²) in [5, 5.41) is 21.5. The maximum Gasteiger partial charge on any atom is 0.346 e. The van der Waals surface area contributed by atoms with E-state index in [0.29, 0.717) is 0 Å². The smallest absolute Gasteiger partial charge is 0.346 e. The van der Waals surface area contributed by atoms with Crippen molar-refractivity contribution in [1.29, 1.82) is 0 Å². The molecule has 0 heterocycles. The average Bonchev–Trinajstić information content (AvgIpc) is 2.46. The third-order valence-electron chi connectivity index (χ3n) is 2.64. The first kappa shape index (κ1) is 16.6. The quantitative estimate of drug-likeness (QED) is 0.456. The Hall–Kier alpha value is -2.72. The van der Waals surface area contributed by atoms with Gasteiger partial charge >= 0.3 is 10.1 Å². The predicted molar refractivity (Wildman–Crippen MR) is 79.0 cm³/mol. The van der Waals surface area contributed by atoms with Gasteiger partial charge in [-0.25, -0.2) is 0 Å². The minimum atomic E-state index is -4.51. The van der Waals surface area contributed by atoms with Gasteiger partial charge in [-0.15, -0.1) is 0 Å². The van der Waals surface area contributed by atoms with Crippen LogP contribution in [0.25, 0.3) is 0 Å². The molecular weight excluding hydrogens is 352 g/mol. The molecule has 0 aromatic heterocycles. The molecular formula is C12H7ClN2O7S. The highest BCUT2D eigenvalue weighted by atomic mass is 35.5. The Bertz CT molecular complexity index is 881. The van der Waals surface area contributed by atoms with Gasteiger partial charge in [-0.05, 0) is 24.3 Å². The molecule has 0 unspecified atom stereocenters. The van der Waals surface area contributed by atoms with Crippen molar-refractivity contribution in [3.05, 3.63) is 67.7 Å². The molecule has 0 aliphatic heterocycles. The molecule has 0 atom stereocenters. The van der Waals surface area contributed by atoms with Crippen molar-refractivity contribution < 1.29 is 22.4 Å². The second-order valence-corrected chi connectivity index (χ2v) is 6.11. The van der Waals surface area contributed by atoms with E-state index in [2.05, 4.69) is 0 Å². The van der Waals surface area contributed by atoms with E-state index < -0.39 is 30.5 Å². The number of rotatable bonds is 5. The minimum absolute atomic E-state index is 0.00835. The molecule has 0 radical (unpaired) electrons. The van der Waals surface area contributed by atoms with Gasteiger partial charge in [0.1, 0.15) is 5.75 Å². The van der Waals surface area contributed by atoms with E-state index >= 15 is 0 Å². The Kier molecular flexibility index (Phi) is 4.48. The summed E-state index contributed by atoms with van der Waals surface area (Å²) < 4.78 is 29.1. The van der Waals surface area contributed by atoms with E-state index in [-0.39, 0.29) is 16.5 Å². The van der Waals surface area contributed by atoms with Gasteiger partial charge in [-0.1, -0.05) is 11.6 Å². The lowest BCUT2D eigenvalue weighted by molar-refractivity contribution is -0.387. The summed E-state index contributed by atoms with van der Waals surface area (Å²) in [6.45, 7) is 0. The molecule has 2 aromatic carbocycles. The molecule has 9 nitrogen and oxygen atoms in total. The lowest BCUT2D eigenvalue weighted by Crippen LogP contribution is -2.12. The molecule has 2 aromatic rings. The van der Waals surface area contributed by atoms with E-state index in [1.54, 1.807) is 0 Å². The normalized spacial score (nSPS) is 11.0. The number of hydrogen-bond donors (Lipinski definition) is 0. The molecule has 0 N–H and O–H groups in total. The fraction of sp³-hybridized carbons (Fsp3) is 0. The number of nitro benzene ring substituents is 2. The van der Waals surface area contributed by atoms with Crippen LogP contribution in [0, 0.1) is 20.2 Å². The Morgan fingerprint density at radius 3 is 2.09 bits per heavy atom. The zero-order valence-corrected chi connectivity index (χ0v) is 12.7. The third-order valence-corrected chi connectivity index (χ3v) is 4.17. The van der Waals surface area contributed by atoms with E-state index in [0.717, 1.165) is 36.4 Å². The number of benzene rings is 2. The van der Waals surface area contributed by atoms with Crippen LogP contribution in [-0.4, -0.2) is 18.3 Å². The molecule has 0 amide bonds. The largest absolute Gasteiger partial charge is 0.379 e. The van der Waals surface area contributed by atoms with Gasteiger partial charge in [0.2, 0.25) is 0 Å². The van der Waals surface area contributed by atoms with E-state index in [4.69, 9.17) is 15.8 Å². The van der Waals surface area contributed by atoms with Crippen molar-refractivity contribution >= 4 is 33.1 Å². The van der Waals surface area contributed by atoms with Crippen molar-refractivity contribution in [2.45, 2.75) is 4.90 Å². The van der Waals surface area contributed by atoms with Crippen LogP contribution in [0.15, 0.2) is 47.4 Å². The van der Waals surface area contributed by atoms with Gasteiger partial charge in [0.25, 0.3) is 11.4 Å². The van der Waals surface area contributed by atoms with Crippen molar-refractivity contribution in [3.8, 4) is 5.75 Å². The third kappa shape index (κ3) is 3.73. The molecule has 0 aliphatic carbocycles. The molecule has 11 heteroatoms. The minimum Gasteiger partial charge on any atom is -0.379 e. The van der Waals surface area contributed by atoms with Crippen molar-refractivity contribution in [1.82, 2.24) is 0 Å². The van der Waals surface area contributed by atoms with Crippen LogP contribution in [0.5, 0.6) is 5.75 Å². The van der Waals surface area contributed by atoms with Crippen LogP contribution in [0.3, 0.4) is 0 Å². The van der Waals surface area contributed by atoms with Gasteiger partial charge in [0.05, 0.1) is 9.85 Å². The number of nitro groups is 2. The summed E-state index contributed by atoms with van der Waals surface area (Å²) in [4.78, 5) is 19.2. The van der Waals surface area contributed by atoms with Gasteiger partial charge in [0.15, 0.2) is 4.90 Å². The van der Waals surface area contributed by atoms with Gasteiger partial charge in [0, 0.05) is 23.2 Å². The number of halogens is 1. The fourth-order valence-electron chi connectivity index (χ4n) is 1.64. The number of non-ortho nitro benzene ring substituents is 1. The first-order valence-corrected chi connectivity index (χ1v) is 7.62. The molecule has 0 saturated carbocycles. The lowest BCUT2D eigenvalue weighted by Gasteiger charge is -2.07. The molecule has 0 spiro atoms. The maximum absolute atomic E-state index is 12.2. The predicted octanol–water partition coefficient (Wildman–Crippen LogP) is 2.92. The van der Waals surface area contributed by atoms with Crippen LogP contribution >= 0.6 is 11.6 Å². The Balaban J connectivity index is 2.39. The Morgan fingerprint density at radius 2 is 1.57 bits per heavy atom. The maximum atomic E-state index is 12.2. The summed E-state index contributed by atoms with van der Waals surface area (Å²) in [6.07, 6.45) is 0. The summed E-state index contributed by atoms with van der Waals surface area (Å²) in [6, 6.07) is 7.21. The summed E-state index contributed by atoms with van der Waals surface area (Å²) in [5.74, 6) is -0.222. The molecule has 2 rings (SSSR count). The molecule has 0 saturated heterocycles. The summed E-state index contributed by atoms with van der Waals surface area (Å²) >= 11 is 5.61. The second-order valence-electron chi connectivity index (χ2n) is 4.16. The molecule has 23 heavy (non-hydrogen) atoms. The van der Waals surface area contributed by atoms with Gasteiger partial charge in [-0.2, -0.15) is 8.42 Å². The highest BCUT2D eigenvalue weighted by Gasteiger charge is 2.28. The van der Waals surface area contributed by atoms with Crippen LogP contribution in [0.4, 0.5) is 11.4 Å². The molecule has 0 fully saturated rings. The van der Waals surface area contributed by atoms with E-state index in [1.807, 2.05) is 0 Å². The number of hydrogen-bond acceptors (Lipinski definition) is 7. The zero-order chi connectivity index (χ0) is 17.2. The van der Waals surface area contributed by atoms with Crippen molar-refractivity contribution in [2.75, 3.05) is 0 Å². The Labute approximate surface area is 134 Å². The van der Waals surface area contributed by atoms with Gasteiger partial charge in [-0.3, -0.25) is 20.2 Å². The van der Waals surface area contributed by atoms with Crippen molar-refractivity contribution in [3.63, 3.8) is 0 Å². The van der Waals surface area contributed by atoms with Crippen LogP contribution in [0.2, 0.25) is 5.02 Å². The molecule has 0 bridgehead atoms. The topological polar surface area (TPSA) is 130 Å². The first-order valence-electron chi connectivity index (χ1n) is 5.83. The highest BCUT2D eigenvalue weighted by Crippen LogP contribution is 2.29. The van der Waals surface area contributed by atoms with E-state index in [9.17, 15) is 28.6 Å². The van der Waals surface area contributed by atoms with Crippen LogP contribution < -0.4 is 4.18 Å².